The lowest BCUT2D eigenvalue weighted by Gasteiger charge is -2.39. The van der Waals surface area contributed by atoms with Gasteiger partial charge in [0, 0.05) is 22.5 Å². The highest BCUT2D eigenvalue weighted by molar-refractivity contribution is 7.99. The summed E-state index contributed by atoms with van der Waals surface area (Å²) in [5, 5.41) is 4.48. The average Bonchev–Trinajstić information content (AvgIpc) is 2.26. The van der Waals surface area contributed by atoms with Gasteiger partial charge in [0.1, 0.15) is 0 Å². The topological polar surface area (TPSA) is 12.0 Å². The minimum absolute atomic E-state index is 0.361. The molecule has 1 unspecified atom stereocenters. The maximum atomic E-state index is 6.06. The summed E-state index contributed by atoms with van der Waals surface area (Å²) in [6.45, 7) is 6.83. The number of aryl methyl sites for hydroxylation is 1. The van der Waals surface area contributed by atoms with E-state index >= 15 is 0 Å². The third-order valence-corrected chi connectivity index (χ3v) is 4.94. The fraction of sp³-hybridized carbons (Fsp3) is 0.571. The Morgan fingerprint density at radius 2 is 2.18 bits per heavy atom. The number of hydrogen-bond donors (Lipinski definition) is 1. The lowest BCUT2D eigenvalue weighted by atomic mass is 9.82. The van der Waals surface area contributed by atoms with Crippen LogP contribution in [0.15, 0.2) is 18.2 Å². The van der Waals surface area contributed by atoms with Crippen molar-refractivity contribution in [3.63, 3.8) is 0 Å². The standard InChI is InChI=1S/C14H20ClNS/c1-10-4-5-11(15)8-12(10)16-13-9-17-7-6-14(13,2)3/h4-5,8,13,16H,6-7,9H2,1-3H3. The quantitative estimate of drug-likeness (QED) is 0.843. The molecule has 1 heterocycles. The van der Waals surface area contributed by atoms with Gasteiger partial charge in [-0.15, -0.1) is 0 Å². The van der Waals surface area contributed by atoms with Crippen molar-refractivity contribution in [1.82, 2.24) is 0 Å². The van der Waals surface area contributed by atoms with Gasteiger partial charge in [-0.3, -0.25) is 0 Å². The molecule has 3 heteroatoms. The lowest BCUT2D eigenvalue weighted by molar-refractivity contribution is 0.305. The van der Waals surface area contributed by atoms with E-state index in [0.29, 0.717) is 11.5 Å². The van der Waals surface area contributed by atoms with Gasteiger partial charge in [0.25, 0.3) is 0 Å². The first kappa shape index (κ1) is 13.1. The zero-order valence-electron chi connectivity index (χ0n) is 10.7. The zero-order valence-corrected chi connectivity index (χ0v) is 12.3. The van der Waals surface area contributed by atoms with Crippen molar-refractivity contribution in [3.05, 3.63) is 28.8 Å². The van der Waals surface area contributed by atoms with Crippen LogP contribution in [-0.2, 0) is 0 Å². The van der Waals surface area contributed by atoms with Crippen LogP contribution in [0.25, 0.3) is 0 Å². The number of nitrogens with one attached hydrogen (secondary N) is 1. The molecule has 1 aliphatic heterocycles. The maximum absolute atomic E-state index is 6.06. The van der Waals surface area contributed by atoms with Crippen molar-refractivity contribution in [2.45, 2.75) is 33.2 Å². The van der Waals surface area contributed by atoms with E-state index in [0.717, 1.165) is 5.02 Å². The van der Waals surface area contributed by atoms with Crippen LogP contribution in [0.1, 0.15) is 25.8 Å². The van der Waals surface area contributed by atoms with Crippen LogP contribution in [-0.4, -0.2) is 17.5 Å². The molecule has 1 aliphatic rings. The zero-order chi connectivity index (χ0) is 12.5. The van der Waals surface area contributed by atoms with E-state index in [1.807, 2.05) is 23.9 Å². The van der Waals surface area contributed by atoms with Gasteiger partial charge < -0.3 is 5.32 Å². The summed E-state index contributed by atoms with van der Waals surface area (Å²) in [5.74, 6) is 2.46. The summed E-state index contributed by atoms with van der Waals surface area (Å²) in [5.41, 5.74) is 2.80. The van der Waals surface area contributed by atoms with Crippen LogP contribution in [0.3, 0.4) is 0 Å². The first-order chi connectivity index (χ1) is 7.99. The second-order valence-electron chi connectivity index (χ2n) is 5.47. The van der Waals surface area contributed by atoms with Crippen LogP contribution >= 0.6 is 23.4 Å². The second-order valence-corrected chi connectivity index (χ2v) is 7.06. The largest absolute Gasteiger partial charge is 0.381 e. The van der Waals surface area contributed by atoms with Crippen LogP contribution in [0.5, 0.6) is 0 Å². The van der Waals surface area contributed by atoms with Crippen molar-refractivity contribution in [3.8, 4) is 0 Å². The Hall–Kier alpha value is -0.340. The Balaban J connectivity index is 2.16. The lowest BCUT2D eigenvalue weighted by Crippen LogP contribution is -2.41. The Kier molecular flexibility index (Phi) is 3.94. The number of rotatable bonds is 2. The highest BCUT2D eigenvalue weighted by Crippen LogP contribution is 2.36. The summed E-state index contributed by atoms with van der Waals surface area (Å²) in [6, 6.07) is 6.58. The van der Waals surface area contributed by atoms with Gasteiger partial charge in [-0.25, -0.2) is 0 Å². The minimum atomic E-state index is 0.361. The van der Waals surface area contributed by atoms with Crippen LogP contribution in [0.4, 0.5) is 5.69 Å². The smallest absolute Gasteiger partial charge is 0.0426 e. The molecule has 0 spiro atoms. The molecule has 0 aliphatic carbocycles. The van der Waals surface area contributed by atoms with E-state index in [-0.39, 0.29) is 0 Å². The van der Waals surface area contributed by atoms with Crippen molar-refractivity contribution in [2.24, 2.45) is 5.41 Å². The summed E-state index contributed by atoms with van der Waals surface area (Å²) in [6.07, 6.45) is 1.27. The molecule has 1 N–H and O–H groups in total. The summed E-state index contributed by atoms with van der Waals surface area (Å²) in [4.78, 5) is 0. The van der Waals surface area contributed by atoms with Crippen LogP contribution < -0.4 is 5.32 Å². The molecule has 94 valence electrons. The summed E-state index contributed by atoms with van der Waals surface area (Å²) in [7, 11) is 0. The third kappa shape index (κ3) is 3.11. The van der Waals surface area contributed by atoms with Crippen molar-refractivity contribution >= 4 is 29.1 Å². The number of hydrogen-bond acceptors (Lipinski definition) is 2. The van der Waals surface area contributed by atoms with E-state index in [1.165, 1.54) is 29.2 Å². The molecular weight excluding hydrogens is 250 g/mol. The SMILES string of the molecule is Cc1ccc(Cl)cc1NC1CSCCC1(C)C. The molecule has 0 bridgehead atoms. The summed E-state index contributed by atoms with van der Waals surface area (Å²) < 4.78 is 0. The van der Waals surface area contributed by atoms with Crippen LogP contribution in [0, 0.1) is 12.3 Å². The van der Waals surface area contributed by atoms with Crippen LogP contribution in [0.2, 0.25) is 5.02 Å². The molecule has 1 aromatic rings. The molecule has 0 radical (unpaired) electrons. The van der Waals surface area contributed by atoms with E-state index in [2.05, 4.69) is 32.2 Å². The normalized spacial score (nSPS) is 23.4. The Bertz CT molecular complexity index is 403. The fourth-order valence-electron chi connectivity index (χ4n) is 2.11. The molecule has 0 saturated carbocycles. The third-order valence-electron chi connectivity index (χ3n) is 3.65. The Morgan fingerprint density at radius 1 is 1.41 bits per heavy atom. The summed E-state index contributed by atoms with van der Waals surface area (Å²) >= 11 is 8.10. The maximum Gasteiger partial charge on any atom is 0.0426 e. The van der Waals surface area contributed by atoms with E-state index < -0.39 is 0 Å². The van der Waals surface area contributed by atoms with Gasteiger partial charge in [0.2, 0.25) is 0 Å². The van der Waals surface area contributed by atoms with Crippen molar-refractivity contribution < 1.29 is 0 Å². The van der Waals surface area contributed by atoms with Gasteiger partial charge in [0.15, 0.2) is 0 Å². The predicted molar refractivity (Wildman–Crippen MR) is 79.3 cm³/mol. The van der Waals surface area contributed by atoms with E-state index in [4.69, 9.17) is 11.6 Å². The minimum Gasteiger partial charge on any atom is -0.381 e. The van der Waals surface area contributed by atoms with Crippen molar-refractivity contribution in [2.75, 3.05) is 16.8 Å². The highest BCUT2D eigenvalue weighted by atomic mass is 35.5. The molecule has 2 rings (SSSR count). The number of thioether (sulfide) groups is 1. The number of halogens is 1. The average molecular weight is 270 g/mol. The molecule has 17 heavy (non-hydrogen) atoms. The highest BCUT2D eigenvalue weighted by Gasteiger charge is 2.32. The fourth-order valence-corrected chi connectivity index (χ4v) is 3.89. The van der Waals surface area contributed by atoms with Gasteiger partial charge in [-0.05, 0) is 42.2 Å². The molecule has 1 atom stereocenters. The van der Waals surface area contributed by atoms with E-state index in [9.17, 15) is 0 Å². The molecular formula is C14H20ClNS. The van der Waals surface area contributed by atoms with Gasteiger partial charge >= 0.3 is 0 Å². The first-order valence-electron chi connectivity index (χ1n) is 6.09. The van der Waals surface area contributed by atoms with Gasteiger partial charge in [0.05, 0.1) is 0 Å². The van der Waals surface area contributed by atoms with Gasteiger partial charge in [-0.1, -0.05) is 31.5 Å². The molecule has 1 nitrogen and oxygen atoms in total. The van der Waals surface area contributed by atoms with Gasteiger partial charge in [-0.2, -0.15) is 11.8 Å². The Morgan fingerprint density at radius 3 is 2.88 bits per heavy atom. The Labute approximate surface area is 113 Å². The molecule has 1 fully saturated rings. The van der Waals surface area contributed by atoms with Crippen molar-refractivity contribution in [1.29, 1.82) is 0 Å². The number of benzene rings is 1. The monoisotopic (exact) mass is 269 g/mol. The molecule has 0 aromatic heterocycles. The molecule has 0 amide bonds. The molecule has 1 saturated heterocycles. The molecule has 1 aromatic carbocycles. The second kappa shape index (κ2) is 5.11. The number of anilines is 1. The predicted octanol–water partition coefficient (Wildman–Crippen LogP) is 4.59. The first-order valence-corrected chi connectivity index (χ1v) is 7.63. The van der Waals surface area contributed by atoms with E-state index in [1.54, 1.807) is 0 Å².